The molecule has 1 saturated heterocycles. The Bertz CT molecular complexity index is 743. The molecule has 0 aliphatic carbocycles. The van der Waals surface area contributed by atoms with Crippen molar-refractivity contribution in [2.75, 3.05) is 19.6 Å². The fourth-order valence-corrected chi connectivity index (χ4v) is 3.39. The second-order valence-electron chi connectivity index (χ2n) is 8.33. The molecule has 2 aromatic rings. The molecule has 0 spiro atoms. The Balaban J connectivity index is 1.72. The highest BCUT2D eigenvalue weighted by molar-refractivity contribution is 5.80. The van der Waals surface area contributed by atoms with Crippen molar-refractivity contribution in [2.45, 2.75) is 59.0 Å². The van der Waals surface area contributed by atoms with Crippen LogP contribution in [0.2, 0.25) is 0 Å². The van der Waals surface area contributed by atoms with Gasteiger partial charge in [0.1, 0.15) is 12.3 Å². The molecule has 1 N–H and O–H groups in total. The highest BCUT2D eigenvalue weighted by atomic mass is 16.4. The minimum absolute atomic E-state index is 0.0412. The summed E-state index contributed by atoms with van der Waals surface area (Å²) in [5, 5.41) is 3.42. The van der Waals surface area contributed by atoms with Crippen LogP contribution in [0.15, 0.2) is 34.3 Å². The SMILES string of the molecule is CCNC(=NCc1ncc(C(C)(C)C)o1)N1CCC(C)C(n2ccnc2)C1. The Hall–Kier alpha value is -2.31. The van der Waals surface area contributed by atoms with E-state index in [0.29, 0.717) is 24.4 Å². The molecule has 148 valence electrons. The van der Waals surface area contributed by atoms with E-state index in [0.717, 1.165) is 37.8 Å². The van der Waals surface area contributed by atoms with Crippen LogP contribution in [-0.2, 0) is 12.0 Å². The molecule has 0 bridgehead atoms. The number of hydrogen-bond acceptors (Lipinski definition) is 4. The van der Waals surface area contributed by atoms with Crippen LogP contribution in [0.25, 0.3) is 0 Å². The molecular weight excluding hydrogens is 340 g/mol. The van der Waals surface area contributed by atoms with E-state index in [1.807, 2.05) is 18.7 Å². The highest BCUT2D eigenvalue weighted by Gasteiger charge is 2.29. The predicted octanol–water partition coefficient (Wildman–Crippen LogP) is 3.22. The maximum Gasteiger partial charge on any atom is 0.216 e. The average Bonchev–Trinajstić information content (AvgIpc) is 3.30. The second-order valence-corrected chi connectivity index (χ2v) is 8.33. The number of piperidine rings is 1. The Kier molecular flexibility index (Phi) is 5.87. The van der Waals surface area contributed by atoms with Crippen molar-refractivity contribution in [3.8, 4) is 0 Å². The number of aliphatic imine (C=N–C) groups is 1. The zero-order valence-electron chi connectivity index (χ0n) is 17.1. The van der Waals surface area contributed by atoms with Gasteiger partial charge < -0.3 is 19.2 Å². The lowest BCUT2D eigenvalue weighted by molar-refractivity contribution is 0.189. The number of aromatic nitrogens is 3. The minimum Gasteiger partial charge on any atom is -0.443 e. The lowest BCUT2D eigenvalue weighted by Crippen LogP contribution is -2.49. The van der Waals surface area contributed by atoms with Crippen LogP contribution in [-0.4, -0.2) is 45.0 Å². The smallest absolute Gasteiger partial charge is 0.216 e. The summed E-state index contributed by atoms with van der Waals surface area (Å²) in [6, 6.07) is 0.402. The van der Waals surface area contributed by atoms with E-state index in [1.54, 1.807) is 0 Å². The van der Waals surface area contributed by atoms with Crippen LogP contribution in [0.1, 0.15) is 58.7 Å². The van der Waals surface area contributed by atoms with E-state index in [4.69, 9.17) is 9.41 Å². The van der Waals surface area contributed by atoms with Crippen molar-refractivity contribution < 1.29 is 4.42 Å². The van der Waals surface area contributed by atoms with Gasteiger partial charge in [-0.2, -0.15) is 0 Å². The number of guanidine groups is 1. The molecule has 1 aliphatic rings. The zero-order valence-corrected chi connectivity index (χ0v) is 17.1. The van der Waals surface area contributed by atoms with Crippen LogP contribution in [0.4, 0.5) is 0 Å². The first-order valence-corrected chi connectivity index (χ1v) is 9.84. The molecule has 2 unspecified atom stereocenters. The third kappa shape index (κ3) is 4.70. The van der Waals surface area contributed by atoms with Crippen molar-refractivity contribution in [3.05, 3.63) is 36.6 Å². The van der Waals surface area contributed by atoms with Gasteiger partial charge in [-0.15, -0.1) is 0 Å². The van der Waals surface area contributed by atoms with Crippen LogP contribution in [0, 0.1) is 5.92 Å². The summed E-state index contributed by atoms with van der Waals surface area (Å²) >= 11 is 0. The van der Waals surface area contributed by atoms with Crippen LogP contribution < -0.4 is 5.32 Å². The lowest BCUT2D eigenvalue weighted by Gasteiger charge is -2.39. The first-order chi connectivity index (χ1) is 12.9. The molecule has 3 heterocycles. The minimum atomic E-state index is -0.0412. The molecular formula is C20H32N6O. The van der Waals surface area contributed by atoms with Crippen molar-refractivity contribution in [1.29, 1.82) is 0 Å². The molecule has 0 amide bonds. The number of nitrogens with one attached hydrogen (secondary N) is 1. The number of hydrogen-bond donors (Lipinski definition) is 1. The zero-order chi connectivity index (χ0) is 19.4. The Morgan fingerprint density at radius 1 is 1.41 bits per heavy atom. The molecule has 27 heavy (non-hydrogen) atoms. The molecule has 0 saturated carbocycles. The number of imidazole rings is 1. The summed E-state index contributed by atoms with van der Waals surface area (Å²) in [6.45, 7) is 14.0. The molecule has 2 aromatic heterocycles. The maximum absolute atomic E-state index is 5.88. The van der Waals surface area contributed by atoms with Gasteiger partial charge in [-0.3, -0.25) is 0 Å². The second kappa shape index (κ2) is 8.15. The summed E-state index contributed by atoms with van der Waals surface area (Å²) in [5.41, 5.74) is -0.0412. The van der Waals surface area contributed by atoms with Gasteiger partial charge in [-0.25, -0.2) is 15.0 Å². The van der Waals surface area contributed by atoms with Gasteiger partial charge >= 0.3 is 0 Å². The summed E-state index contributed by atoms with van der Waals surface area (Å²) in [7, 11) is 0. The monoisotopic (exact) mass is 372 g/mol. The summed E-state index contributed by atoms with van der Waals surface area (Å²) < 4.78 is 8.10. The highest BCUT2D eigenvalue weighted by Crippen LogP contribution is 2.27. The van der Waals surface area contributed by atoms with E-state index in [9.17, 15) is 0 Å². The van der Waals surface area contributed by atoms with Gasteiger partial charge in [0, 0.05) is 37.4 Å². The summed E-state index contributed by atoms with van der Waals surface area (Å²) in [5.74, 6) is 3.08. The first kappa shape index (κ1) is 19.5. The molecule has 7 heteroatoms. The normalized spacial score (nSPS) is 21.5. The fraction of sp³-hybridized carbons (Fsp3) is 0.650. The largest absolute Gasteiger partial charge is 0.443 e. The topological polar surface area (TPSA) is 71.5 Å². The summed E-state index contributed by atoms with van der Waals surface area (Å²) in [6.07, 6.45) is 8.75. The van der Waals surface area contributed by atoms with E-state index < -0.39 is 0 Å². The molecule has 1 fully saturated rings. The van der Waals surface area contributed by atoms with Gasteiger partial charge in [0.2, 0.25) is 5.89 Å². The third-order valence-electron chi connectivity index (χ3n) is 5.12. The Morgan fingerprint density at radius 3 is 2.85 bits per heavy atom. The number of nitrogens with zero attached hydrogens (tertiary/aromatic N) is 5. The molecule has 0 aromatic carbocycles. The lowest BCUT2D eigenvalue weighted by atomic mass is 9.93. The standard InChI is InChI=1S/C20H32N6O/c1-6-22-19(24-12-18-23-11-17(27-18)20(3,4)5)25-9-7-15(2)16(13-25)26-10-8-21-14-26/h8,10-11,14-16H,6-7,9,12-13H2,1-5H3,(H,22,24). The molecule has 1 aliphatic heterocycles. The van der Waals surface area contributed by atoms with Crippen LogP contribution in [0.3, 0.4) is 0 Å². The van der Waals surface area contributed by atoms with Crippen LogP contribution in [0.5, 0.6) is 0 Å². The predicted molar refractivity (Wildman–Crippen MR) is 107 cm³/mol. The average molecular weight is 373 g/mol. The van der Waals surface area contributed by atoms with E-state index in [1.165, 1.54) is 0 Å². The van der Waals surface area contributed by atoms with Gasteiger partial charge in [0.05, 0.1) is 18.6 Å². The van der Waals surface area contributed by atoms with Crippen molar-refractivity contribution >= 4 is 5.96 Å². The van der Waals surface area contributed by atoms with Crippen molar-refractivity contribution in [1.82, 2.24) is 24.8 Å². The van der Waals surface area contributed by atoms with Gasteiger partial charge in [0.15, 0.2) is 5.96 Å². The van der Waals surface area contributed by atoms with Crippen molar-refractivity contribution in [3.63, 3.8) is 0 Å². The van der Waals surface area contributed by atoms with Gasteiger partial charge in [-0.1, -0.05) is 27.7 Å². The van der Waals surface area contributed by atoms with Crippen molar-refractivity contribution in [2.24, 2.45) is 10.9 Å². The van der Waals surface area contributed by atoms with E-state index in [2.05, 4.69) is 65.6 Å². The Morgan fingerprint density at radius 2 is 2.22 bits per heavy atom. The fourth-order valence-electron chi connectivity index (χ4n) is 3.39. The van der Waals surface area contributed by atoms with Gasteiger partial charge in [0.25, 0.3) is 0 Å². The van der Waals surface area contributed by atoms with Gasteiger partial charge in [-0.05, 0) is 19.3 Å². The van der Waals surface area contributed by atoms with E-state index in [-0.39, 0.29) is 5.41 Å². The molecule has 3 rings (SSSR count). The van der Waals surface area contributed by atoms with Crippen LogP contribution >= 0.6 is 0 Å². The molecule has 0 radical (unpaired) electrons. The number of likely N-dealkylation sites (tertiary alicyclic amines) is 1. The molecule has 7 nitrogen and oxygen atoms in total. The van der Waals surface area contributed by atoms with E-state index >= 15 is 0 Å². The number of oxazole rings is 1. The number of rotatable bonds is 4. The quantitative estimate of drug-likeness (QED) is 0.659. The third-order valence-corrected chi connectivity index (χ3v) is 5.12. The maximum atomic E-state index is 5.88. The Labute approximate surface area is 161 Å². The molecule has 2 atom stereocenters. The first-order valence-electron chi connectivity index (χ1n) is 9.84. The summed E-state index contributed by atoms with van der Waals surface area (Å²) in [4.78, 5) is 15.7.